The first-order valence-electron chi connectivity index (χ1n) is 10.1. The van der Waals surface area contributed by atoms with Gasteiger partial charge in [-0.2, -0.15) is 0 Å². The Hall–Kier alpha value is -3.70. The Morgan fingerprint density at radius 1 is 0.774 bits per heavy atom. The number of benzene rings is 3. The van der Waals surface area contributed by atoms with E-state index in [2.05, 4.69) is 93.5 Å². The Morgan fingerprint density at radius 2 is 1.61 bits per heavy atom. The van der Waals surface area contributed by atoms with E-state index in [1.54, 1.807) is 6.20 Å². The van der Waals surface area contributed by atoms with Crippen LogP contribution in [0, 0.1) is 6.92 Å². The first-order valence-corrected chi connectivity index (χ1v) is 10.9. The molecule has 0 unspecified atom stereocenters. The molecule has 0 bridgehead atoms. The molecule has 0 fully saturated rings. The van der Waals surface area contributed by atoms with Crippen molar-refractivity contribution in [2.45, 2.75) is 16.7 Å². The van der Waals surface area contributed by atoms with Gasteiger partial charge in [-0.15, -0.1) is 0 Å². The molecule has 31 heavy (non-hydrogen) atoms. The Bertz CT molecular complexity index is 1430. The third-order valence-electron chi connectivity index (χ3n) is 5.42. The molecule has 4 nitrogen and oxygen atoms in total. The molecule has 0 radical (unpaired) electrons. The predicted octanol–water partition coefficient (Wildman–Crippen LogP) is 6.93. The maximum atomic E-state index is 4.68. The van der Waals surface area contributed by atoms with E-state index < -0.39 is 0 Å². The summed E-state index contributed by atoms with van der Waals surface area (Å²) in [6, 6.07) is 27.5. The van der Waals surface area contributed by atoms with Crippen LogP contribution >= 0.6 is 11.8 Å². The van der Waals surface area contributed by atoms with Gasteiger partial charge in [0.15, 0.2) is 5.65 Å². The first-order chi connectivity index (χ1) is 15.3. The highest BCUT2D eigenvalue weighted by molar-refractivity contribution is 7.99. The van der Waals surface area contributed by atoms with Crippen molar-refractivity contribution in [2.24, 2.45) is 0 Å². The fourth-order valence-corrected chi connectivity index (χ4v) is 5.07. The van der Waals surface area contributed by atoms with Crippen LogP contribution in [0.4, 0.5) is 17.1 Å². The number of hydrogen-bond donors (Lipinski definition) is 0. The van der Waals surface area contributed by atoms with E-state index in [1.165, 1.54) is 26.7 Å². The number of rotatable bonds is 2. The van der Waals surface area contributed by atoms with Gasteiger partial charge in [-0.3, -0.25) is 4.98 Å². The molecule has 3 heterocycles. The average Bonchev–Trinajstić information content (AvgIpc) is 2.82. The smallest absolute Gasteiger partial charge is 0.178 e. The van der Waals surface area contributed by atoms with E-state index in [0.717, 1.165) is 22.5 Å². The van der Waals surface area contributed by atoms with Crippen LogP contribution in [-0.2, 0) is 0 Å². The van der Waals surface area contributed by atoms with E-state index in [0.29, 0.717) is 5.65 Å². The molecule has 0 N–H and O–H groups in total. The van der Waals surface area contributed by atoms with E-state index in [9.17, 15) is 0 Å². The maximum absolute atomic E-state index is 4.68. The number of anilines is 3. The fraction of sp³-hybridized carbons (Fsp3) is 0.0385. The highest BCUT2D eigenvalue weighted by Gasteiger charge is 2.24. The molecular formula is C26H18N4S. The van der Waals surface area contributed by atoms with E-state index in [4.69, 9.17) is 0 Å². The molecule has 0 saturated heterocycles. The van der Waals surface area contributed by atoms with Crippen molar-refractivity contribution >= 4 is 40.0 Å². The molecule has 2 aromatic heterocycles. The van der Waals surface area contributed by atoms with Gasteiger partial charge in [-0.05, 0) is 61.0 Å². The zero-order chi connectivity index (χ0) is 20.8. The second-order valence-corrected chi connectivity index (χ2v) is 8.61. The van der Waals surface area contributed by atoms with Gasteiger partial charge in [0.05, 0.1) is 23.3 Å². The number of pyridine rings is 1. The summed E-state index contributed by atoms with van der Waals surface area (Å²) in [5, 5.41) is 0. The van der Waals surface area contributed by atoms with Crippen LogP contribution in [0.15, 0.2) is 101 Å². The molecule has 6 rings (SSSR count). The Morgan fingerprint density at radius 3 is 2.52 bits per heavy atom. The highest BCUT2D eigenvalue weighted by Crippen LogP contribution is 2.51. The summed E-state index contributed by atoms with van der Waals surface area (Å²) in [5.74, 6) is 0. The second-order valence-electron chi connectivity index (χ2n) is 7.52. The zero-order valence-electron chi connectivity index (χ0n) is 16.9. The second kappa shape index (κ2) is 7.22. The lowest BCUT2D eigenvalue weighted by Gasteiger charge is -2.33. The number of nitrogens with zero attached hydrogens (tertiary/aromatic N) is 4. The van der Waals surface area contributed by atoms with Gasteiger partial charge in [0.25, 0.3) is 0 Å². The number of aromatic nitrogens is 3. The Kier molecular flexibility index (Phi) is 4.21. The Balaban J connectivity index is 1.44. The predicted molar refractivity (Wildman–Crippen MR) is 126 cm³/mol. The normalized spacial score (nSPS) is 12.5. The van der Waals surface area contributed by atoms with Gasteiger partial charge in [-0.1, -0.05) is 42.1 Å². The van der Waals surface area contributed by atoms with Crippen molar-refractivity contribution in [1.82, 2.24) is 15.0 Å². The summed E-state index contributed by atoms with van der Waals surface area (Å²) >= 11 is 1.83. The summed E-state index contributed by atoms with van der Waals surface area (Å²) < 4.78 is 0. The molecular weight excluding hydrogens is 400 g/mol. The first kappa shape index (κ1) is 18.1. The van der Waals surface area contributed by atoms with Crippen molar-refractivity contribution in [3.63, 3.8) is 0 Å². The van der Waals surface area contributed by atoms with Crippen LogP contribution in [0.2, 0.25) is 0 Å². The maximum Gasteiger partial charge on any atom is 0.178 e. The largest absolute Gasteiger partial charge is 0.308 e. The van der Waals surface area contributed by atoms with Crippen LogP contribution in [-0.4, -0.2) is 15.0 Å². The zero-order valence-corrected chi connectivity index (χ0v) is 17.7. The lowest BCUT2D eigenvalue weighted by molar-refractivity contribution is 1.16. The molecule has 0 saturated carbocycles. The minimum Gasteiger partial charge on any atom is -0.308 e. The molecule has 0 atom stereocenters. The van der Waals surface area contributed by atoms with E-state index in [-0.39, 0.29) is 0 Å². The van der Waals surface area contributed by atoms with Gasteiger partial charge < -0.3 is 4.90 Å². The summed E-state index contributed by atoms with van der Waals surface area (Å²) in [5.41, 5.74) is 8.10. The van der Waals surface area contributed by atoms with Crippen LogP contribution < -0.4 is 4.90 Å². The molecule has 1 aliphatic heterocycles. The van der Waals surface area contributed by atoms with Crippen LogP contribution in [0.25, 0.3) is 22.4 Å². The van der Waals surface area contributed by atoms with Crippen LogP contribution in [0.5, 0.6) is 0 Å². The highest BCUT2D eigenvalue weighted by atomic mass is 32.2. The minimum atomic E-state index is 0.662. The number of para-hydroxylation sites is 1. The number of hydrogen-bond acceptors (Lipinski definition) is 5. The van der Waals surface area contributed by atoms with Gasteiger partial charge in [0, 0.05) is 27.2 Å². The summed E-state index contributed by atoms with van der Waals surface area (Å²) in [7, 11) is 0. The molecule has 1 aliphatic rings. The van der Waals surface area contributed by atoms with Crippen LogP contribution in [0.1, 0.15) is 5.56 Å². The number of aryl methyl sites for hydroxylation is 1. The van der Waals surface area contributed by atoms with Crippen molar-refractivity contribution in [2.75, 3.05) is 4.90 Å². The quantitative estimate of drug-likeness (QED) is 0.305. The topological polar surface area (TPSA) is 41.9 Å². The Labute approximate surface area is 184 Å². The molecule has 0 amide bonds. The fourth-order valence-electron chi connectivity index (χ4n) is 3.91. The van der Waals surface area contributed by atoms with E-state index >= 15 is 0 Å². The molecule has 0 spiro atoms. The summed E-state index contributed by atoms with van der Waals surface area (Å²) in [4.78, 5) is 18.4. The third-order valence-corrected chi connectivity index (χ3v) is 6.53. The average molecular weight is 419 g/mol. The molecule has 5 aromatic rings. The lowest BCUT2D eigenvalue weighted by Crippen LogP contribution is -2.14. The van der Waals surface area contributed by atoms with Gasteiger partial charge >= 0.3 is 0 Å². The van der Waals surface area contributed by atoms with Crippen molar-refractivity contribution in [3.05, 3.63) is 96.8 Å². The molecule has 5 heteroatoms. The van der Waals surface area contributed by atoms with Crippen molar-refractivity contribution < 1.29 is 0 Å². The third kappa shape index (κ3) is 3.14. The number of fused-ring (bicyclic) bond motifs is 3. The molecule has 0 aliphatic carbocycles. The monoisotopic (exact) mass is 418 g/mol. The lowest BCUT2D eigenvalue weighted by atomic mass is 10.1. The standard InChI is InChI=1S/C26H18N4S/c1-17-8-13-23-25(15-17)31-24-7-3-2-6-22(24)30(23)19-11-9-18(10-12-19)21-16-28-20-5-4-14-27-26(20)29-21/h2-16H,1H3. The van der Waals surface area contributed by atoms with Gasteiger partial charge in [0.1, 0.15) is 5.52 Å². The van der Waals surface area contributed by atoms with Gasteiger partial charge in [0.2, 0.25) is 0 Å². The SMILES string of the molecule is Cc1ccc2c(c1)Sc1ccccc1N2c1ccc(-c2cnc3cccnc3n2)cc1. The van der Waals surface area contributed by atoms with Crippen molar-refractivity contribution in [3.8, 4) is 11.3 Å². The summed E-state index contributed by atoms with van der Waals surface area (Å²) in [6.07, 6.45) is 3.55. The summed E-state index contributed by atoms with van der Waals surface area (Å²) in [6.45, 7) is 2.14. The van der Waals surface area contributed by atoms with E-state index in [1.807, 2.05) is 30.1 Å². The van der Waals surface area contributed by atoms with Crippen molar-refractivity contribution in [1.29, 1.82) is 0 Å². The minimum absolute atomic E-state index is 0.662. The molecule has 3 aromatic carbocycles. The molecule has 148 valence electrons. The van der Waals surface area contributed by atoms with Crippen LogP contribution in [0.3, 0.4) is 0 Å². The van der Waals surface area contributed by atoms with Gasteiger partial charge in [-0.25, -0.2) is 9.97 Å².